The zero-order valence-electron chi connectivity index (χ0n) is 19.9. The Balaban J connectivity index is 2.27. The molecule has 176 valence electrons. The van der Waals surface area contributed by atoms with Gasteiger partial charge in [-0.2, -0.15) is 0 Å². The molecule has 1 fully saturated rings. The summed E-state index contributed by atoms with van der Waals surface area (Å²) in [4.78, 5) is 28.6. The van der Waals surface area contributed by atoms with Crippen molar-refractivity contribution in [3.63, 3.8) is 0 Å². The highest BCUT2D eigenvalue weighted by Gasteiger charge is 2.51. The summed E-state index contributed by atoms with van der Waals surface area (Å²) in [5, 5.41) is 1.31. The lowest BCUT2D eigenvalue weighted by Crippen LogP contribution is -2.57. The molecule has 0 saturated carbocycles. The number of benzene rings is 2. The summed E-state index contributed by atoms with van der Waals surface area (Å²) in [5.74, 6) is -0.124. The number of hydrogen-bond donors (Lipinski definition) is 0. The predicted molar refractivity (Wildman–Crippen MR) is 137 cm³/mol. The molecule has 0 bridgehead atoms. The Morgan fingerprint density at radius 2 is 1.85 bits per heavy atom. The third-order valence-electron chi connectivity index (χ3n) is 7.18. The van der Waals surface area contributed by atoms with Gasteiger partial charge in [-0.1, -0.05) is 74.3 Å². The summed E-state index contributed by atoms with van der Waals surface area (Å²) in [5.41, 5.74) is 1.47. The van der Waals surface area contributed by atoms with Gasteiger partial charge in [-0.15, -0.1) is 6.58 Å². The number of halogens is 2. The summed E-state index contributed by atoms with van der Waals surface area (Å²) >= 11 is 12.6. The van der Waals surface area contributed by atoms with E-state index < -0.39 is 5.41 Å². The maximum Gasteiger partial charge on any atom is 0.229 e. The van der Waals surface area contributed by atoms with E-state index in [1.54, 1.807) is 6.92 Å². The number of ketones is 1. The summed E-state index contributed by atoms with van der Waals surface area (Å²) in [6, 6.07) is 15.1. The lowest BCUT2D eigenvalue weighted by Gasteiger charge is -2.53. The highest BCUT2D eigenvalue weighted by Crippen LogP contribution is 2.52. The first-order chi connectivity index (χ1) is 15.6. The normalized spacial score (nSPS) is 24.9. The van der Waals surface area contributed by atoms with Crippen molar-refractivity contribution >= 4 is 34.9 Å². The summed E-state index contributed by atoms with van der Waals surface area (Å²) in [7, 11) is 0. The number of carbonyl (C=O) groups excluding carboxylic acids is 2. The Hall–Kier alpha value is -2.10. The highest BCUT2D eigenvalue weighted by atomic mass is 35.5. The molecular weight excluding hydrogens is 453 g/mol. The van der Waals surface area contributed by atoms with E-state index in [-0.39, 0.29) is 35.6 Å². The standard InChI is InChI=1S/C28H33Cl2NO2/c1-6-15-28(5)17-24(21-9-8-10-23(30)16-21)26(20-11-13-22(29)14-12-20)31(27(28)33)25(7-2)18(3)19(4)32/h6,8-14,16,18,24-26H,1,7,15,17H2,2-5H3/t18-,24-,25+,26-,28?/m1/s1. The lowest BCUT2D eigenvalue weighted by molar-refractivity contribution is -0.157. The van der Waals surface area contributed by atoms with Gasteiger partial charge in [0, 0.05) is 27.9 Å². The molecule has 1 amide bonds. The minimum Gasteiger partial charge on any atom is -0.331 e. The highest BCUT2D eigenvalue weighted by molar-refractivity contribution is 6.30. The van der Waals surface area contributed by atoms with Crippen LogP contribution in [0.5, 0.6) is 0 Å². The second kappa shape index (κ2) is 10.4. The zero-order chi connectivity index (χ0) is 24.3. The third-order valence-corrected chi connectivity index (χ3v) is 7.67. The van der Waals surface area contributed by atoms with Crippen LogP contribution < -0.4 is 0 Å². The number of allylic oxidation sites excluding steroid dienone is 1. The van der Waals surface area contributed by atoms with Crippen LogP contribution in [0.25, 0.3) is 0 Å². The van der Waals surface area contributed by atoms with Gasteiger partial charge >= 0.3 is 0 Å². The molecule has 1 unspecified atom stereocenters. The fourth-order valence-electron chi connectivity index (χ4n) is 5.31. The minimum atomic E-state index is -0.623. The van der Waals surface area contributed by atoms with Gasteiger partial charge in [0.1, 0.15) is 5.78 Å². The fraction of sp³-hybridized carbons (Fsp3) is 0.429. The molecule has 2 aromatic carbocycles. The molecule has 5 heteroatoms. The van der Waals surface area contributed by atoms with Gasteiger partial charge in [0.25, 0.3) is 0 Å². The van der Waals surface area contributed by atoms with Crippen molar-refractivity contribution in [3.8, 4) is 0 Å². The Kier molecular flexibility index (Phi) is 8.08. The quantitative estimate of drug-likeness (QED) is 0.360. The molecular formula is C28H33Cl2NO2. The van der Waals surface area contributed by atoms with Gasteiger partial charge in [0.05, 0.1) is 11.5 Å². The smallest absolute Gasteiger partial charge is 0.229 e. The fourth-order valence-corrected chi connectivity index (χ4v) is 5.64. The number of nitrogens with zero attached hydrogens (tertiary/aromatic N) is 1. The van der Waals surface area contributed by atoms with Gasteiger partial charge in [-0.3, -0.25) is 9.59 Å². The molecule has 1 aliphatic heterocycles. The lowest BCUT2D eigenvalue weighted by atomic mass is 9.66. The third kappa shape index (κ3) is 5.20. The van der Waals surface area contributed by atoms with Crippen LogP contribution in [0.4, 0.5) is 0 Å². The van der Waals surface area contributed by atoms with Crippen LogP contribution in [0, 0.1) is 11.3 Å². The van der Waals surface area contributed by atoms with Crippen molar-refractivity contribution < 1.29 is 9.59 Å². The van der Waals surface area contributed by atoms with Crippen molar-refractivity contribution in [1.82, 2.24) is 4.90 Å². The van der Waals surface area contributed by atoms with E-state index in [1.807, 2.05) is 74.2 Å². The van der Waals surface area contributed by atoms with Crippen LogP contribution in [0.1, 0.15) is 70.0 Å². The first-order valence-electron chi connectivity index (χ1n) is 11.6. The van der Waals surface area contributed by atoms with Crippen molar-refractivity contribution in [2.24, 2.45) is 11.3 Å². The van der Waals surface area contributed by atoms with Crippen molar-refractivity contribution in [3.05, 3.63) is 82.4 Å². The number of hydrogen-bond acceptors (Lipinski definition) is 2. The van der Waals surface area contributed by atoms with Crippen molar-refractivity contribution in [1.29, 1.82) is 0 Å². The number of amides is 1. The zero-order valence-corrected chi connectivity index (χ0v) is 21.4. The van der Waals surface area contributed by atoms with E-state index in [1.165, 1.54) is 0 Å². The van der Waals surface area contributed by atoms with Gasteiger partial charge in [-0.05, 0) is 61.6 Å². The number of Topliss-reactive ketones (excluding diaryl/α,β-unsaturated/α-hetero) is 1. The van der Waals surface area contributed by atoms with E-state index in [4.69, 9.17) is 23.2 Å². The number of rotatable bonds is 8. The molecule has 3 rings (SSSR count). The van der Waals surface area contributed by atoms with Gasteiger partial charge in [0.2, 0.25) is 5.91 Å². The van der Waals surface area contributed by atoms with E-state index in [2.05, 4.69) is 12.6 Å². The molecule has 0 N–H and O–H groups in total. The minimum absolute atomic E-state index is 0.000679. The average Bonchev–Trinajstić information content (AvgIpc) is 2.77. The molecule has 2 aromatic rings. The van der Waals surface area contributed by atoms with Crippen LogP contribution in [0.2, 0.25) is 10.0 Å². The topological polar surface area (TPSA) is 37.4 Å². The average molecular weight is 486 g/mol. The second-order valence-electron chi connectivity index (χ2n) is 9.50. The van der Waals surface area contributed by atoms with E-state index >= 15 is 0 Å². The Morgan fingerprint density at radius 1 is 1.18 bits per heavy atom. The summed E-state index contributed by atoms with van der Waals surface area (Å²) in [6.45, 7) is 11.5. The Labute approximate surface area is 207 Å². The molecule has 0 aromatic heterocycles. The van der Waals surface area contributed by atoms with Gasteiger partial charge in [0.15, 0.2) is 0 Å². The molecule has 0 radical (unpaired) electrons. The van der Waals surface area contributed by atoms with Crippen LogP contribution in [0.15, 0.2) is 61.2 Å². The Bertz CT molecular complexity index is 1020. The van der Waals surface area contributed by atoms with Gasteiger partial charge < -0.3 is 4.90 Å². The summed E-state index contributed by atoms with van der Waals surface area (Å²) < 4.78 is 0. The van der Waals surface area contributed by atoms with Crippen molar-refractivity contribution in [2.45, 2.75) is 65.0 Å². The van der Waals surface area contributed by atoms with Crippen LogP contribution in [0.3, 0.4) is 0 Å². The second-order valence-corrected chi connectivity index (χ2v) is 10.4. The maximum absolute atomic E-state index is 14.2. The number of piperidine rings is 1. The molecule has 33 heavy (non-hydrogen) atoms. The summed E-state index contributed by atoms with van der Waals surface area (Å²) in [6.07, 6.45) is 3.73. The first-order valence-corrected chi connectivity index (χ1v) is 12.3. The number of carbonyl (C=O) groups is 2. The largest absolute Gasteiger partial charge is 0.331 e. The van der Waals surface area contributed by atoms with Gasteiger partial charge in [-0.25, -0.2) is 0 Å². The SMILES string of the molecule is C=CCC1(C)C[C@H](c2cccc(Cl)c2)[C@@H](c2ccc(Cl)cc2)N([C@@H](CC)[C@H](C)C(C)=O)C1=O. The first kappa shape index (κ1) is 25.5. The number of likely N-dealkylation sites (tertiary alicyclic amines) is 1. The monoisotopic (exact) mass is 485 g/mol. The maximum atomic E-state index is 14.2. The van der Waals surface area contributed by atoms with Crippen molar-refractivity contribution in [2.75, 3.05) is 0 Å². The predicted octanol–water partition coefficient (Wildman–Crippen LogP) is 7.64. The van der Waals surface area contributed by atoms with Crippen LogP contribution in [-0.2, 0) is 9.59 Å². The molecule has 3 nitrogen and oxygen atoms in total. The molecule has 1 aliphatic rings. The van der Waals surface area contributed by atoms with E-state index in [0.717, 1.165) is 11.1 Å². The van der Waals surface area contributed by atoms with E-state index in [0.29, 0.717) is 29.3 Å². The molecule has 5 atom stereocenters. The molecule has 0 aliphatic carbocycles. The molecule has 1 heterocycles. The molecule has 0 spiro atoms. The van der Waals surface area contributed by atoms with E-state index in [9.17, 15) is 9.59 Å². The van der Waals surface area contributed by atoms with Crippen LogP contribution in [-0.4, -0.2) is 22.6 Å². The Morgan fingerprint density at radius 3 is 2.39 bits per heavy atom. The molecule has 1 saturated heterocycles. The van der Waals surface area contributed by atoms with Crippen LogP contribution >= 0.6 is 23.2 Å².